The number of benzene rings is 3. The first-order valence-electron chi connectivity index (χ1n) is 11.0. The summed E-state index contributed by atoms with van der Waals surface area (Å²) in [6.07, 6.45) is 0. The second kappa shape index (κ2) is 9.35. The number of rotatable bonds is 5. The molecule has 0 fully saturated rings. The van der Waals surface area contributed by atoms with Gasteiger partial charge in [0.25, 0.3) is 5.91 Å². The van der Waals surface area contributed by atoms with Crippen molar-refractivity contribution in [3.8, 4) is 11.3 Å². The fraction of sp³-hybridized carbons (Fsp3) is 0.179. The molecule has 0 unspecified atom stereocenters. The first-order chi connectivity index (χ1) is 16.3. The standard InChI is InChI=1S/C28H26N2O4/c1-17-10-8-15-23(18(17)2)29-24(31)16-30(4)28(33)22-14-9-13-21-25(32)19(3)26(34-27(21)22)20-11-6-5-7-12-20/h5-15H,16H2,1-4H3,(H,29,31). The fourth-order valence-electron chi connectivity index (χ4n) is 3.91. The number of carbonyl (C=O) groups is 2. The molecule has 34 heavy (non-hydrogen) atoms. The van der Waals surface area contributed by atoms with Crippen LogP contribution < -0.4 is 10.7 Å². The van der Waals surface area contributed by atoms with Gasteiger partial charge in [-0.15, -0.1) is 0 Å². The highest BCUT2D eigenvalue weighted by Crippen LogP contribution is 2.27. The van der Waals surface area contributed by atoms with E-state index < -0.39 is 5.91 Å². The van der Waals surface area contributed by atoms with Crippen LogP contribution in [0.25, 0.3) is 22.3 Å². The third-order valence-corrected chi connectivity index (χ3v) is 6.02. The molecule has 0 saturated heterocycles. The number of likely N-dealkylation sites (N-methyl/N-ethyl adjacent to an activating group) is 1. The SMILES string of the molecule is Cc1cccc(NC(=O)CN(C)C(=O)c2cccc3c(=O)c(C)c(-c4ccccc4)oc23)c1C. The number of fused-ring (bicyclic) bond motifs is 1. The molecular formula is C28H26N2O4. The summed E-state index contributed by atoms with van der Waals surface area (Å²) >= 11 is 0. The van der Waals surface area contributed by atoms with Crippen molar-refractivity contribution in [2.75, 3.05) is 18.9 Å². The number of hydrogen-bond acceptors (Lipinski definition) is 4. The van der Waals surface area contributed by atoms with Crippen molar-refractivity contribution in [2.24, 2.45) is 0 Å². The van der Waals surface area contributed by atoms with Crippen molar-refractivity contribution in [2.45, 2.75) is 20.8 Å². The smallest absolute Gasteiger partial charge is 0.257 e. The molecule has 0 radical (unpaired) electrons. The van der Waals surface area contributed by atoms with E-state index in [-0.39, 0.29) is 29.0 Å². The van der Waals surface area contributed by atoms with Gasteiger partial charge in [0.15, 0.2) is 11.0 Å². The van der Waals surface area contributed by atoms with Gasteiger partial charge in [-0.2, -0.15) is 0 Å². The molecule has 1 heterocycles. The summed E-state index contributed by atoms with van der Waals surface area (Å²) < 4.78 is 6.14. The van der Waals surface area contributed by atoms with Crippen LogP contribution in [0.5, 0.6) is 0 Å². The monoisotopic (exact) mass is 454 g/mol. The molecular weight excluding hydrogens is 428 g/mol. The van der Waals surface area contributed by atoms with Crippen molar-refractivity contribution in [3.05, 3.63) is 99.2 Å². The normalized spacial score (nSPS) is 10.8. The maximum absolute atomic E-state index is 13.3. The van der Waals surface area contributed by atoms with Gasteiger partial charge in [-0.3, -0.25) is 14.4 Å². The number of nitrogens with zero attached hydrogens (tertiary/aromatic N) is 1. The van der Waals surface area contributed by atoms with Crippen molar-refractivity contribution in [1.82, 2.24) is 4.90 Å². The quantitative estimate of drug-likeness (QED) is 0.455. The van der Waals surface area contributed by atoms with E-state index in [1.165, 1.54) is 4.90 Å². The number of amides is 2. The topological polar surface area (TPSA) is 79.6 Å². The summed E-state index contributed by atoms with van der Waals surface area (Å²) in [6, 6.07) is 19.9. The van der Waals surface area contributed by atoms with Crippen molar-refractivity contribution < 1.29 is 14.0 Å². The number of para-hydroxylation sites is 1. The van der Waals surface area contributed by atoms with E-state index >= 15 is 0 Å². The van der Waals surface area contributed by atoms with Crippen molar-refractivity contribution in [3.63, 3.8) is 0 Å². The van der Waals surface area contributed by atoms with Crippen molar-refractivity contribution >= 4 is 28.5 Å². The lowest BCUT2D eigenvalue weighted by molar-refractivity contribution is -0.116. The summed E-state index contributed by atoms with van der Waals surface area (Å²) in [5.74, 6) is -0.298. The van der Waals surface area contributed by atoms with Gasteiger partial charge in [-0.25, -0.2) is 0 Å². The van der Waals surface area contributed by atoms with Crippen LogP contribution in [-0.2, 0) is 4.79 Å². The maximum atomic E-state index is 13.3. The molecule has 4 aromatic rings. The molecule has 6 heteroatoms. The molecule has 3 aromatic carbocycles. The first-order valence-corrected chi connectivity index (χ1v) is 11.0. The highest BCUT2D eigenvalue weighted by atomic mass is 16.3. The number of anilines is 1. The molecule has 0 bridgehead atoms. The highest BCUT2D eigenvalue weighted by Gasteiger charge is 2.22. The molecule has 0 aliphatic carbocycles. The van der Waals surface area contributed by atoms with E-state index in [1.54, 1.807) is 32.2 Å². The lowest BCUT2D eigenvalue weighted by atomic mass is 10.0. The third kappa shape index (κ3) is 4.35. The van der Waals surface area contributed by atoms with Crippen LogP contribution in [0.15, 0.2) is 75.9 Å². The van der Waals surface area contributed by atoms with Gasteiger partial charge in [-0.05, 0) is 50.1 Å². The van der Waals surface area contributed by atoms with E-state index in [1.807, 2.05) is 62.4 Å². The lowest BCUT2D eigenvalue weighted by Gasteiger charge is -2.18. The van der Waals surface area contributed by atoms with Crippen molar-refractivity contribution in [1.29, 1.82) is 0 Å². The Balaban J connectivity index is 1.65. The Labute approximate surface area is 197 Å². The van der Waals surface area contributed by atoms with Crippen LogP contribution in [0, 0.1) is 20.8 Å². The Morgan fingerprint density at radius 2 is 1.59 bits per heavy atom. The Bertz CT molecular complexity index is 1450. The van der Waals surface area contributed by atoms with Gasteiger partial charge < -0.3 is 14.6 Å². The van der Waals surface area contributed by atoms with E-state index in [0.717, 1.165) is 16.7 Å². The lowest BCUT2D eigenvalue weighted by Crippen LogP contribution is -2.35. The average molecular weight is 455 g/mol. The Hall–Kier alpha value is -4.19. The van der Waals surface area contributed by atoms with Crippen LogP contribution in [0.4, 0.5) is 5.69 Å². The molecule has 1 N–H and O–H groups in total. The zero-order valence-electron chi connectivity index (χ0n) is 19.6. The molecule has 0 aliphatic rings. The van der Waals surface area contributed by atoms with Crippen LogP contribution in [0.3, 0.4) is 0 Å². The van der Waals surface area contributed by atoms with Crippen LogP contribution >= 0.6 is 0 Å². The largest absolute Gasteiger partial charge is 0.455 e. The van der Waals surface area contributed by atoms with E-state index in [9.17, 15) is 14.4 Å². The first kappa shape index (κ1) is 23.0. The summed E-state index contributed by atoms with van der Waals surface area (Å²) in [7, 11) is 1.55. The van der Waals surface area contributed by atoms with Crippen LogP contribution in [0.2, 0.25) is 0 Å². The molecule has 0 spiro atoms. The minimum absolute atomic E-state index is 0.149. The molecule has 4 rings (SSSR count). The minimum atomic E-state index is -0.410. The molecule has 2 amide bonds. The zero-order chi connectivity index (χ0) is 24.4. The second-order valence-corrected chi connectivity index (χ2v) is 8.39. The molecule has 1 aromatic heterocycles. The summed E-state index contributed by atoms with van der Waals surface area (Å²) in [5, 5.41) is 3.20. The Kier molecular flexibility index (Phi) is 6.32. The Morgan fingerprint density at radius 3 is 2.32 bits per heavy atom. The maximum Gasteiger partial charge on any atom is 0.257 e. The van der Waals surface area contributed by atoms with E-state index in [0.29, 0.717) is 22.4 Å². The third-order valence-electron chi connectivity index (χ3n) is 6.02. The number of nitrogens with one attached hydrogen (secondary N) is 1. The zero-order valence-corrected chi connectivity index (χ0v) is 19.6. The second-order valence-electron chi connectivity index (χ2n) is 8.39. The summed E-state index contributed by atoms with van der Waals surface area (Å²) in [5.41, 5.74) is 4.24. The fourth-order valence-corrected chi connectivity index (χ4v) is 3.91. The molecule has 172 valence electrons. The average Bonchev–Trinajstić information content (AvgIpc) is 2.84. The Morgan fingerprint density at radius 1 is 0.882 bits per heavy atom. The van der Waals surface area contributed by atoms with Gasteiger partial charge in [0.2, 0.25) is 5.91 Å². The number of aryl methyl sites for hydroxylation is 1. The van der Waals surface area contributed by atoms with Crippen LogP contribution in [0.1, 0.15) is 27.0 Å². The molecule has 0 aliphatic heterocycles. The van der Waals surface area contributed by atoms with Gasteiger partial charge in [0, 0.05) is 23.9 Å². The molecule has 0 saturated carbocycles. The molecule has 0 atom stereocenters. The summed E-state index contributed by atoms with van der Waals surface area (Å²) in [4.78, 5) is 40.3. The van der Waals surface area contributed by atoms with Gasteiger partial charge >= 0.3 is 0 Å². The predicted octanol–water partition coefficient (Wildman–Crippen LogP) is 5.10. The predicted molar refractivity (Wildman–Crippen MR) is 134 cm³/mol. The van der Waals surface area contributed by atoms with Gasteiger partial charge in [-0.1, -0.05) is 48.5 Å². The molecule has 6 nitrogen and oxygen atoms in total. The van der Waals surface area contributed by atoms with Gasteiger partial charge in [0.1, 0.15) is 5.76 Å². The number of hydrogen-bond donors (Lipinski definition) is 1. The van der Waals surface area contributed by atoms with E-state index in [2.05, 4.69) is 5.32 Å². The van der Waals surface area contributed by atoms with E-state index in [4.69, 9.17) is 4.42 Å². The van der Waals surface area contributed by atoms with Gasteiger partial charge in [0.05, 0.1) is 17.5 Å². The summed E-state index contributed by atoms with van der Waals surface area (Å²) in [6.45, 7) is 5.47. The van der Waals surface area contributed by atoms with Crippen LogP contribution in [-0.4, -0.2) is 30.3 Å². The highest BCUT2D eigenvalue weighted by molar-refractivity contribution is 6.06. The number of carbonyl (C=O) groups excluding carboxylic acids is 2. The minimum Gasteiger partial charge on any atom is -0.455 e.